The number of hydrogen-bond donors (Lipinski definition) is 1. The molecule has 1 aliphatic heterocycles. The van der Waals surface area contributed by atoms with Crippen molar-refractivity contribution in [2.75, 3.05) is 19.6 Å². The second-order valence-corrected chi connectivity index (χ2v) is 8.59. The van der Waals surface area contributed by atoms with Crippen molar-refractivity contribution in [2.24, 2.45) is 0 Å². The van der Waals surface area contributed by atoms with Gasteiger partial charge in [0.05, 0.1) is 4.90 Å². The Morgan fingerprint density at radius 1 is 1.29 bits per heavy atom. The summed E-state index contributed by atoms with van der Waals surface area (Å²) < 4.78 is 41.3. The number of aryl methyl sites for hydroxylation is 1. The van der Waals surface area contributed by atoms with Crippen molar-refractivity contribution in [1.82, 2.24) is 9.62 Å². The molecule has 130 valence electrons. The van der Waals surface area contributed by atoms with E-state index in [1.165, 1.54) is 12.1 Å². The van der Waals surface area contributed by atoms with Crippen LogP contribution in [0.3, 0.4) is 0 Å². The van der Waals surface area contributed by atoms with Crippen LogP contribution in [0.5, 0.6) is 0 Å². The van der Waals surface area contributed by atoms with Gasteiger partial charge in [-0.25, -0.2) is 17.5 Å². The molecule has 1 aliphatic rings. The van der Waals surface area contributed by atoms with Crippen LogP contribution in [-0.2, 0) is 10.0 Å². The molecule has 7 heteroatoms. The van der Waals surface area contributed by atoms with Gasteiger partial charge in [-0.05, 0) is 72.9 Å². The fourth-order valence-corrected chi connectivity index (χ4v) is 5.10. The second-order valence-electron chi connectivity index (χ2n) is 6.08. The Balaban J connectivity index is 1.79. The molecule has 1 fully saturated rings. The van der Waals surface area contributed by atoms with Crippen LogP contribution in [0.25, 0.3) is 0 Å². The van der Waals surface area contributed by atoms with Gasteiger partial charge < -0.3 is 0 Å². The molecule has 2 aromatic rings. The number of thiophene rings is 1. The summed E-state index contributed by atoms with van der Waals surface area (Å²) in [6, 6.07) is 5.89. The van der Waals surface area contributed by atoms with E-state index in [4.69, 9.17) is 0 Å². The first-order chi connectivity index (χ1) is 11.5. The Bertz CT molecular complexity index is 785. The summed E-state index contributed by atoms with van der Waals surface area (Å²) in [6.45, 7) is 3.91. The van der Waals surface area contributed by atoms with Crippen LogP contribution in [0.1, 0.15) is 30.0 Å². The Hall–Kier alpha value is -1.28. The van der Waals surface area contributed by atoms with Crippen LogP contribution in [0.15, 0.2) is 39.9 Å². The van der Waals surface area contributed by atoms with Gasteiger partial charge in [0.2, 0.25) is 10.0 Å². The summed E-state index contributed by atoms with van der Waals surface area (Å²) in [4.78, 5) is 2.32. The van der Waals surface area contributed by atoms with E-state index in [0.717, 1.165) is 37.6 Å². The minimum atomic E-state index is -3.74. The van der Waals surface area contributed by atoms with E-state index in [1.54, 1.807) is 18.3 Å². The number of likely N-dealkylation sites (tertiary alicyclic amines) is 1. The zero-order valence-electron chi connectivity index (χ0n) is 13.5. The SMILES string of the molecule is Cc1ccc(F)cc1S(=O)(=O)NCC(c1ccsc1)N1CCCC1. The van der Waals surface area contributed by atoms with Crippen LogP contribution in [0.4, 0.5) is 4.39 Å². The molecule has 0 bridgehead atoms. The van der Waals surface area contributed by atoms with E-state index in [9.17, 15) is 12.8 Å². The Labute approximate surface area is 146 Å². The Kier molecular flexibility index (Phi) is 5.34. The van der Waals surface area contributed by atoms with Crippen molar-refractivity contribution in [3.05, 3.63) is 52.0 Å². The molecule has 24 heavy (non-hydrogen) atoms. The highest BCUT2D eigenvalue weighted by molar-refractivity contribution is 7.89. The molecule has 1 aromatic carbocycles. The lowest BCUT2D eigenvalue weighted by Gasteiger charge is -2.27. The molecule has 3 rings (SSSR count). The maximum Gasteiger partial charge on any atom is 0.240 e. The Morgan fingerprint density at radius 3 is 2.71 bits per heavy atom. The third-order valence-electron chi connectivity index (χ3n) is 4.42. The fourth-order valence-electron chi connectivity index (χ4n) is 3.11. The van der Waals surface area contributed by atoms with Gasteiger partial charge in [-0.2, -0.15) is 11.3 Å². The molecule has 0 spiro atoms. The van der Waals surface area contributed by atoms with Gasteiger partial charge in [-0.1, -0.05) is 6.07 Å². The van der Waals surface area contributed by atoms with Gasteiger partial charge in [0.15, 0.2) is 0 Å². The van der Waals surface area contributed by atoms with Crippen LogP contribution >= 0.6 is 11.3 Å². The quantitative estimate of drug-likeness (QED) is 0.851. The molecular weight excluding hydrogens is 347 g/mol. The monoisotopic (exact) mass is 368 g/mol. The Morgan fingerprint density at radius 2 is 2.04 bits per heavy atom. The van der Waals surface area contributed by atoms with E-state index >= 15 is 0 Å². The van der Waals surface area contributed by atoms with E-state index in [2.05, 4.69) is 15.0 Å². The number of sulfonamides is 1. The first-order valence-electron chi connectivity index (χ1n) is 7.99. The molecule has 1 saturated heterocycles. The van der Waals surface area contributed by atoms with E-state index in [1.807, 2.05) is 11.4 Å². The number of nitrogens with one attached hydrogen (secondary N) is 1. The fraction of sp³-hybridized carbons (Fsp3) is 0.412. The predicted octanol–water partition coefficient (Wildman–Crippen LogP) is 3.31. The molecule has 1 N–H and O–H groups in total. The smallest absolute Gasteiger partial charge is 0.240 e. The lowest BCUT2D eigenvalue weighted by molar-refractivity contribution is 0.247. The van der Waals surface area contributed by atoms with Crippen molar-refractivity contribution in [1.29, 1.82) is 0 Å². The summed E-state index contributed by atoms with van der Waals surface area (Å²) in [5.41, 5.74) is 1.66. The first-order valence-corrected chi connectivity index (χ1v) is 10.4. The molecule has 4 nitrogen and oxygen atoms in total. The average Bonchev–Trinajstić information content (AvgIpc) is 3.23. The normalized spacial score (nSPS) is 17.2. The van der Waals surface area contributed by atoms with Crippen LogP contribution < -0.4 is 4.72 Å². The van der Waals surface area contributed by atoms with Gasteiger partial charge in [0.25, 0.3) is 0 Å². The van der Waals surface area contributed by atoms with Crippen LogP contribution in [0, 0.1) is 12.7 Å². The first kappa shape index (κ1) is 17.5. The third-order valence-corrected chi connectivity index (χ3v) is 6.68. The van der Waals surface area contributed by atoms with Crippen molar-refractivity contribution in [2.45, 2.75) is 30.7 Å². The van der Waals surface area contributed by atoms with E-state index in [-0.39, 0.29) is 17.5 Å². The third kappa shape index (κ3) is 3.85. The van der Waals surface area contributed by atoms with Crippen LogP contribution in [-0.4, -0.2) is 33.0 Å². The average molecular weight is 368 g/mol. The van der Waals surface area contributed by atoms with Gasteiger partial charge in [-0.15, -0.1) is 0 Å². The minimum Gasteiger partial charge on any atom is -0.295 e. The standard InChI is InChI=1S/C17H21FN2O2S2/c1-13-4-5-15(18)10-17(13)24(21,22)19-11-16(14-6-9-23-12-14)20-7-2-3-8-20/h4-6,9-10,12,16,19H,2-3,7-8,11H2,1H3. The molecule has 1 aromatic heterocycles. The predicted molar refractivity (Wildman–Crippen MR) is 94.2 cm³/mol. The lowest BCUT2D eigenvalue weighted by atomic mass is 10.1. The summed E-state index contributed by atoms with van der Waals surface area (Å²) in [5, 5.41) is 4.06. The topological polar surface area (TPSA) is 49.4 Å². The zero-order valence-corrected chi connectivity index (χ0v) is 15.2. The summed E-state index contributed by atoms with van der Waals surface area (Å²) in [7, 11) is -3.74. The summed E-state index contributed by atoms with van der Waals surface area (Å²) in [6.07, 6.45) is 2.27. The maximum absolute atomic E-state index is 13.4. The number of benzene rings is 1. The molecule has 0 amide bonds. The van der Waals surface area contributed by atoms with E-state index in [0.29, 0.717) is 5.56 Å². The minimum absolute atomic E-state index is 0.00740. The summed E-state index contributed by atoms with van der Waals surface area (Å²) >= 11 is 1.61. The van der Waals surface area contributed by atoms with Crippen molar-refractivity contribution in [3.63, 3.8) is 0 Å². The molecule has 1 unspecified atom stereocenters. The molecule has 1 atom stereocenters. The molecular formula is C17H21FN2O2S2. The van der Waals surface area contributed by atoms with Gasteiger partial charge in [-0.3, -0.25) is 4.90 Å². The molecule has 0 radical (unpaired) electrons. The van der Waals surface area contributed by atoms with Crippen molar-refractivity contribution in [3.8, 4) is 0 Å². The zero-order chi connectivity index (χ0) is 17.2. The summed E-state index contributed by atoms with van der Waals surface area (Å²) in [5.74, 6) is -0.546. The maximum atomic E-state index is 13.4. The highest BCUT2D eigenvalue weighted by Crippen LogP contribution is 2.27. The van der Waals surface area contributed by atoms with E-state index < -0.39 is 15.8 Å². The van der Waals surface area contributed by atoms with Crippen LogP contribution in [0.2, 0.25) is 0 Å². The number of nitrogens with zero attached hydrogens (tertiary/aromatic N) is 1. The number of hydrogen-bond acceptors (Lipinski definition) is 4. The molecule has 2 heterocycles. The lowest BCUT2D eigenvalue weighted by Crippen LogP contribution is -2.36. The highest BCUT2D eigenvalue weighted by Gasteiger charge is 2.26. The van der Waals surface area contributed by atoms with Crippen molar-refractivity contribution >= 4 is 21.4 Å². The van der Waals surface area contributed by atoms with Gasteiger partial charge >= 0.3 is 0 Å². The largest absolute Gasteiger partial charge is 0.295 e. The second kappa shape index (κ2) is 7.31. The van der Waals surface area contributed by atoms with Gasteiger partial charge in [0.1, 0.15) is 5.82 Å². The molecule has 0 aliphatic carbocycles. The molecule has 0 saturated carbocycles. The van der Waals surface area contributed by atoms with Crippen molar-refractivity contribution < 1.29 is 12.8 Å². The van der Waals surface area contributed by atoms with Gasteiger partial charge in [0, 0.05) is 12.6 Å². The number of rotatable bonds is 6. The highest BCUT2D eigenvalue weighted by atomic mass is 32.2. The number of halogens is 1.